The highest BCUT2D eigenvalue weighted by Crippen LogP contribution is 2.24. The summed E-state index contributed by atoms with van der Waals surface area (Å²) >= 11 is 0. The van der Waals surface area contributed by atoms with E-state index in [2.05, 4.69) is 10.5 Å². The molecule has 4 rings (SSSR count). The molecule has 0 saturated carbocycles. The van der Waals surface area contributed by atoms with Crippen LogP contribution in [-0.2, 0) is 14.8 Å². The average molecular weight is 464 g/mol. The van der Waals surface area contributed by atoms with Gasteiger partial charge in [-0.05, 0) is 49.2 Å². The molecule has 3 aromatic rings. The summed E-state index contributed by atoms with van der Waals surface area (Å²) in [5.41, 5.74) is 4.82. The standard InChI is InChI=1S/C25H25N3O4S/c29-22-13-11-20(12-14-22)24(19-7-3-1-4-8-19)26-27-25(30)21-15-17-28(18-16-21)33(31,32)23-9-5-2-6-10-23/h1-14,21,29H,15-18H2,(H,27,30)/b26-24-. The SMILES string of the molecule is O=C(N/N=C(/c1ccccc1)c1ccc(O)cc1)C1CCN(S(=O)(=O)c2ccccc2)CC1. The number of nitrogens with one attached hydrogen (secondary N) is 1. The number of amides is 1. The summed E-state index contributed by atoms with van der Waals surface area (Å²) in [6.07, 6.45) is 0.848. The van der Waals surface area contributed by atoms with Crippen molar-refractivity contribution in [1.29, 1.82) is 0 Å². The number of carbonyl (C=O) groups excluding carboxylic acids is 1. The van der Waals surface area contributed by atoms with E-state index >= 15 is 0 Å². The Labute approximate surface area is 193 Å². The molecule has 2 N–H and O–H groups in total. The van der Waals surface area contributed by atoms with E-state index < -0.39 is 10.0 Å². The number of phenolic OH excluding ortho intramolecular Hbond substituents is 1. The number of carbonyl (C=O) groups is 1. The van der Waals surface area contributed by atoms with E-state index in [4.69, 9.17) is 0 Å². The number of phenols is 1. The van der Waals surface area contributed by atoms with E-state index in [1.54, 1.807) is 54.6 Å². The van der Waals surface area contributed by atoms with Gasteiger partial charge in [0.1, 0.15) is 5.75 Å². The van der Waals surface area contributed by atoms with Gasteiger partial charge in [0, 0.05) is 30.1 Å². The lowest BCUT2D eigenvalue weighted by Gasteiger charge is -2.30. The van der Waals surface area contributed by atoms with Gasteiger partial charge in [-0.25, -0.2) is 13.8 Å². The lowest BCUT2D eigenvalue weighted by molar-refractivity contribution is -0.126. The smallest absolute Gasteiger partial charge is 0.243 e. The zero-order chi connectivity index (χ0) is 23.3. The van der Waals surface area contributed by atoms with Crippen molar-refractivity contribution in [1.82, 2.24) is 9.73 Å². The van der Waals surface area contributed by atoms with E-state index in [0.717, 1.165) is 11.1 Å². The van der Waals surface area contributed by atoms with Gasteiger partial charge in [-0.3, -0.25) is 4.79 Å². The Balaban J connectivity index is 1.45. The van der Waals surface area contributed by atoms with Crippen LogP contribution in [-0.4, -0.2) is 42.5 Å². The molecule has 0 aliphatic carbocycles. The van der Waals surface area contributed by atoms with Crippen LogP contribution in [0, 0.1) is 5.92 Å². The van der Waals surface area contributed by atoms with Crippen LogP contribution in [0.15, 0.2) is 94.9 Å². The quantitative estimate of drug-likeness (QED) is 0.433. The molecule has 0 spiro atoms. The topological polar surface area (TPSA) is 99.1 Å². The van der Waals surface area contributed by atoms with Crippen molar-refractivity contribution in [3.8, 4) is 5.75 Å². The van der Waals surface area contributed by atoms with Gasteiger partial charge in [0.2, 0.25) is 15.9 Å². The molecule has 1 fully saturated rings. The van der Waals surface area contributed by atoms with Crippen molar-refractivity contribution in [2.75, 3.05) is 13.1 Å². The molecular formula is C25H25N3O4S. The van der Waals surface area contributed by atoms with Gasteiger partial charge in [0.05, 0.1) is 10.6 Å². The Morgan fingerprint density at radius 1 is 0.848 bits per heavy atom. The van der Waals surface area contributed by atoms with Gasteiger partial charge in [-0.1, -0.05) is 48.5 Å². The summed E-state index contributed by atoms with van der Waals surface area (Å²) in [4.78, 5) is 13.1. The number of aromatic hydroxyl groups is 1. The van der Waals surface area contributed by atoms with Crippen LogP contribution in [0.4, 0.5) is 0 Å². The Morgan fingerprint density at radius 2 is 1.39 bits per heavy atom. The predicted molar refractivity (Wildman–Crippen MR) is 126 cm³/mol. The second kappa shape index (κ2) is 9.97. The van der Waals surface area contributed by atoms with Gasteiger partial charge in [0.25, 0.3) is 0 Å². The van der Waals surface area contributed by atoms with Crippen molar-refractivity contribution in [3.05, 3.63) is 96.1 Å². The Morgan fingerprint density at radius 3 is 2.00 bits per heavy atom. The molecule has 8 heteroatoms. The first kappa shape index (κ1) is 22.7. The first-order valence-corrected chi connectivity index (χ1v) is 12.2. The maximum absolute atomic E-state index is 12.8. The molecule has 7 nitrogen and oxygen atoms in total. The highest BCUT2D eigenvalue weighted by Gasteiger charge is 2.32. The van der Waals surface area contributed by atoms with Gasteiger partial charge in [-0.2, -0.15) is 9.41 Å². The lowest BCUT2D eigenvalue weighted by Crippen LogP contribution is -2.42. The minimum Gasteiger partial charge on any atom is -0.508 e. The summed E-state index contributed by atoms with van der Waals surface area (Å²) in [7, 11) is -3.56. The van der Waals surface area contributed by atoms with Crippen LogP contribution >= 0.6 is 0 Å². The zero-order valence-electron chi connectivity index (χ0n) is 18.0. The fourth-order valence-electron chi connectivity index (χ4n) is 3.81. The van der Waals surface area contributed by atoms with Gasteiger partial charge >= 0.3 is 0 Å². The number of sulfonamides is 1. The Bertz CT molecular complexity index is 1220. The number of nitrogens with zero attached hydrogens (tertiary/aromatic N) is 2. The highest BCUT2D eigenvalue weighted by atomic mass is 32.2. The summed E-state index contributed by atoms with van der Waals surface area (Å²) in [6.45, 7) is 0.561. The maximum atomic E-state index is 12.8. The van der Waals surface area contributed by atoms with Crippen LogP contribution in [0.3, 0.4) is 0 Å². The molecule has 0 radical (unpaired) electrons. The fourth-order valence-corrected chi connectivity index (χ4v) is 5.30. The molecule has 1 saturated heterocycles. The molecule has 0 aromatic heterocycles. The first-order valence-electron chi connectivity index (χ1n) is 10.7. The summed E-state index contributed by atoms with van der Waals surface area (Å²) in [5, 5.41) is 14.0. The number of rotatable bonds is 6. The zero-order valence-corrected chi connectivity index (χ0v) is 18.8. The van der Waals surface area contributed by atoms with Crippen molar-refractivity contribution in [2.24, 2.45) is 11.0 Å². The molecule has 1 aliphatic heterocycles. The van der Waals surface area contributed by atoms with E-state index in [1.807, 2.05) is 30.3 Å². The molecule has 1 heterocycles. The largest absolute Gasteiger partial charge is 0.508 e. The lowest BCUT2D eigenvalue weighted by atomic mass is 9.97. The maximum Gasteiger partial charge on any atom is 0.243 e. The third-order valence-corrected chi connectivity index (χ3v) is 7.58. The van der Waals surface area contributed by atoms with Crippen LogP contribution in [0.5, 0.6) is 5.75 Å². The summed E-state index contributed by atoms with van der Waals surface area (Å²) < 4.78 is 27.0. The first-order chi connectivity index (χ1) is 15.9. The second-order valence-corrected chi connectivity index (χ2v) is 9.78. The van der Waals surface area contributed by atoms with Crippen molar-refractivity contribution in [3.63, 3.8) is 0 Å². The normalized spacial score (nSPS) is 15.8. The molecule has 0 atom stereocenters. The van der Waals surface area contributed by atoms with Crippen LogP contribution < -0.4 is 5.43 Å². The van der Waals surface area contributed by atoms with Crippen molar-refractivity contribution in [2.45, 2.75) is 17.7 Å². The average Bonchev–Trinajstić information content (AvgIpc) is 2.86. The number of hydrazone groups is 1. The highest BCUT2D eigenvalue weighted by molar-refractivity contribution is 7.89. The van der Waals surface area contributed by atoms with Gasteiger partial charge < -0.3 is 5.11 Å². The number of hydrogen-bond acceptors (Lipinski definition) is 5. The van der Waals surface area contributed by atoms with E-state index in [0.29, 0.717) is 18.6 Å². The van der Waals surface area contributed by atoms with E-state index in [9.17, 15) is 18.3 Å². The molecule has 33 heavy (non-hydrogen) atoms. The van der Waals surface area contributed by atoms with Gasteiger partial charge in [0.15, 0.2) is 0 Å². The minimum absolute atomic E-state index is 0.146. The molecule has 170 valence electrons. The van der Waals surface area contributed by atoms with Gasteiger partial charge in [-0.15, -0.1) is 0 Å². The number of hydrogen-bond donors (Lipinski definition) is 2. The summed E-state index contributed by atoms with van der Waals surface area (Å²) in [6, 6.07) is 24.4. The fraction of sp³-hybridized carbons (Fsp3) is 0.200. The molecule has 0 bridgehead atoms. The van der Waals surface area contributed by atoms with E-state index in [-0.39, 0.29) is 35.6 Å². The third kappa shape index (κ3) is 5.30. The molecule has 3 aromatic carbocycles. The van der Waals surface area contributed by atoms with Crippen LogP contribution in [0.2, 0.25) is 0 Å². The van der Waals surface area contributed by atoms with Crippen molar-refractivity contribution < 1.29 is 18.3 Å². The monoisotopic (exact) mass is 463 g/mol. The molecule has 1 aliphatic rings. The number of benzene rings is 3. The molecular weight excluding hydrogens is 438 g/mol. The van der Waals surface area contributed by atoms with E-state index in [1.165, 1.54) is 4.31 Å². The molecule has 0 unspecified atom stereocenters. The Kier molecular flexibility index (Phi) is 6.86. The van der Waals surface area contributed by atoms with Crippen LogP contribution in [0.25, 0.3) is 0 Å². The minimum atomic E-state index is -3.56. The second-order valence-electron chi connectivity index (χ2n) is 7.84. The van der Waals surface area contributed by atoms with Crippen molar-refractivity contribution >= 4 is 21.6 Å². The Hall–Kier alpha value is -3.49. The molecule has 1 amide bonds. The summed E-state index contributed by atoms with van der Waals surface area (Å²) in [5.74, 6) is -0.417. The van der Waals surface area contributed by atoms with Crippen LogP contribution in [0.1, 0.15) is 24.0 Å². The third-order valence-electron chi connectivity index (χ3n) is 5.67. The number of piperidine rings is 1. The predicted octanol–water partition coefficient (Wildman–Crippen LogP) is 3.36.